The van der Waals surface area contributed by atoms with Gasteiger partial charge in [0.2, 0.25) is 0 Å². The number of benzene rings is 1. The second-order valence-corrected chi connectivity index (χ2v) is 12.7. The number of carboxylic acids is 1. The van der Waals surface area contributed by atoms with Gasteiger partial charge in [0.15, 0.2) is 5.69 Å². The standard InChI is InChI=1S/C31H42N4O4/c1-19-12-20-14-21(13-19)16-24(15-20)34-22-6-5-7-23(34)18-25(17-22)35-28-9-4-3-8-26(28)32-30(31(35)38)27(33-39-2)10-11-29(36)37/h3-4,8-9,19-25H,5-7,10-18H2,1-2H3,(H,36,37)/t19?,20?,21?,22-,23?,24?,25+/m1/s1. The van der Waals surface area contributed by atoms with Gasteiger partial charge in [0, 0.05) is 30.6 Å². The molecule has 1 aromatic carbocycles. The van der Waals surface area contributed by atoms with Gasteiger partial charge in [0.25, 0.3) is 5.56 Å². The van der Waals surface area contributed by atoms with Crippen molar-refractivity contribution in [2.75, 3.05) is 7.11 Å². The maximum Gasteiger partial charge on any atom is 0.303 e. The second-order valence-electron chi connectivity index (χ2n) is 12.7. The highest BCUT2D eigenvalue weighted by Crippen LogP contribution is 2.48. The van der Waals surface area contributed by atoms with Gasteiger partial charge < -0.3 is 14.5 Å². The molecule has 2 aliphatic heterocycles. The first-order valence-corrected chi connectivity index (χ1v) is 15.0. The van der Waals surface area contributed by atoms with E-state index < -0.39 is 5.97 Å². The van der Waals surface area contributed by atoms with Crippen LogP contribution in [0.5, 0.6) is 0 Å². The molecule has 3 unspecified atom stereocenters. The van der Waals surface area contributed by atoms with Gasteiger partial charge in [-0.15, -0.1) is 0 Å². The van der Waals surface area contributed by atoms with Crippen molar-refractivity contribution >= 4 is 22.7 Å². The van der Waals surface area contributed by atoms with Crippen LogP contribution in [0.3, 0.4) is 0 Å². The molecule has 6 rings (SSSR count). The number of piperidine rings is 2. The Balaban J connectivity index is 1.33. The number of oxime groups is 1. The van der Waals surface area contributed by atoms with E-state index in [0.717, 1.165) is 41.6 Å². The van der Waals surface area contributed by atoms with Gasteiger partial charge in [0.1, 0.15) is 12.8 Å². The normalized spacial score (nSPS) is 33.2. The highest BCUT2D eigenvalue weighted by molar-refractivity contribution is 6.00. The first kappa shape index (κ1) is 26.5. The Morgan fingerprint density at radius 2 is 1.67 bits per heavy atom. The van der Waals surface area contributed by atoms with Crippen LogP contribution in [0.25, 0.3) is 11.0 Å². The summed E-state index contributed by atoms with van der Waals surface area (Å²) in [6.45, 7) is 2.44. The molecule has 210 valence electrons. The monoisotopic (exact) mass is 534 g/mol. The molecule has 2 saturated carbocycles. The van der Waals surface area contributed by atoms with Gasteiger partial charge in [-0.1, -0.05) is 30.6 Å². The molecule has 5 atom stereocenters. The Morgan fingerprint density at radius 3 is 2.33 bits per heavy atom. The van der Waals surface area contributed by atoms with Crippen LogP contribution in [0, 0.1) is 17.8 Å². The van der Waals surface area contributed by atoms with Crippen molar-refractivity contribution in [2.24, 2.45) is 22.9 Å². The molecular formula is C31H42N4O4. The van der Waals surface area contributed by atoms with E-state index in [9.17, 15) is 14.7 Å². The van der Waals surface area contributed by atoms with Crippen molar-refractivity contribution in [3.05, 3.63) is 40.3 Å². The van der Waals surface area contributed by atoms with Crippen LogP contribution in [0.4, 0.5) is 0 Å². The third kappa shape index (κ3) is 5.24. The van der Waals surface area contributed by atoms with Crippen molar-refractivity contribution in [1.82, 2.24) is 14.5 Å². The van der Waals surface area contributed by atoms with E-state index >= 15 is 0 Å². The molecule has 0 radical (unpaired) electrons. The van der Waals surface area contributed by atoms with Gasteiger partial charge in [0.05, 0.1) is 17.5 Å². The summed E-state index contributed by atoms with van der Waals surface area (Å²) in [6, 6.07) is 9.59. The Labute approximate surface area is 230 Å². The fraction of sp³-hybridized carbons (Fsp3) is 0.677. The van der Waals surface area contributed by atoms with Crippen LogP contribution >= 0.6 is 0 Å². The van der Waals surface area contributed by atoms with E-state index in [0.29, 0.717) is 23.8 Å². The number of hydrogen-bond acceptors (Lipinski definition) is 6. The summed E-state index contributed by atoms with van der Waals surface area (Å²) >= 11 is 0. The maximum atomic E-state index is 14.1. The number of carbonyl (C=O) groups is 1. The van der Waals surface area contributed by atoms with Crippen molar-refractivity contribution in [3.8, 4) is 0 Å². The van der Waals surface area contributed by atoms with E-state index in [2.05, 4.69) is 22.0 Å². The van der Waals surface area contributed by atoms with Crippen LogP contribution in [0.1, 0.15) is 95.7 Å². The van der Waals surface area contributed by atoms with E-state index in [4.69, 9.17) is 4.84 Å². The maximum absolute atomic E-state index is 14.1. The van der Waals surface area contributed by atoms with Crippen LogP contribution in [-0.2, 0) is 9.63 Å². The molecule has 4 fully saturated rings. The van der Waals surface area contributed by atoms with Crippen LogP contribution in [-0.4, -0.2) is 56.5 Å². The minimum absolute atomic E-state index is 0.0853. The third-order valence-electron chi connectivity index (χ3n) is 9.99. The second kappa shape index (κ2) is 11.0. The van der Waals surface area contributed by atoms with Gasteiger partial charge in [-0.2, -0.15) is 0 Å². The Morgan fingerprint density at radius 1 is 0.974 bits per heavy atom. The SMILES string of the molecule is CON=C(CCC(=O)O)c1nc2ccccc2n([C@@H]2CC3CCC[C@H](C2)N3C2CC3CC(C)CC(C3)C2)c1=O. The predicted octanol–water partition coefficient (Wildman–Crippen LogP) is 5.38. The summed E-state index contributed by atoms with van der Waals surface area (Å²) < 4.78 is 1.96. The van der Waals surface area contributed by atoms with E-state index in [1.807, 2.05) is 28.8 Å². The smallest absolute Gasteiger partial charge is 0.303 e. The fourth-order valence-corrected chi connectivity index (χ4v) is 8.84. The summed E-state index contributed by atoms with van der Waals surface area (Å²) in [5.74, 6) is 1.70. The molecule has 8 nitrogen and oxygen atoms in total. The number of rotatable bonds is 7. The molecular weight excluding hydrogens is 492 g/mol. The number of para-hydroxylation sites is 2. The van der Waals surface area contributed by atoms with Gasteiger partial charge >= 0.3 is 5.97 Å². The summed E-state index contributed by atoms with van der Waals surface area (Å²) in [7, 11) is 1.41. The van der Waals surface area contributed by atoms with Crippen LogP contribution in [0.2, 0.25) is 0 Å². The minimum Gasteiger partial charge on any atom is -0.481 e. The minimum atomic E-state index is -0.943. The first-order valence-electron chi connectivity index (χ1n) is 15.0. The molecule has 0 amide bonds. The topological polar surface area (TPSA) is 97.0 Å². The van der Waals surface area contributed by atoms with Crippen LogP contribution in [0.15, 0.2) is 34.2 Å². The Kier molecular flexibility index (Phi) is 7.49. The Hall–Kier alpha value is -2.74. The third-order valence-corrected chi connectivity index (χ3v) is 9.99. The van der Waals surface area contributed by atoms with Gasteiger partial charge in [-0.25, -0.2) is 4.98 Å². The number of aliphatic carboxylic acids is 1. The lowest BCUT2D eigenvalue weighted by molar-refractivity contribution is -0.136. The summed E-state index contributed by atoms with van der Waals surface area (Å²) in [5, 5.41) is 13.3. The largest absolute Gasteiger partial charge is 0.481 e. The van der Waals surface area contributed by atoms with Crippen molar-refractivity contribution in [3.63, 3.8) is 0 Å². The number of nitrogens with zero attached hydrogens (tertiary/aromatic N) is 4. The number of hydrogen-bond donors (Lipinski definition) is 1. The molecule has 39 heavy (non-hydrogen) atoms. The molecule has 4 bridgehead atoms. The van der Waals surface area contributed by atoms with Crippen molar-refractivity contribution in [1.29, 1.82) is 0 Å². The predicted molar refractivity (Wildman–Crippen MR) is 151 cm³/mol. The van der Waals surface area contributed by atoms with Crippen LogP contribution < -0.4 is 5.56 Å². The molecule has 1 aromatic heterocycles. The van der Waals surface area contributed by atoms with Gasteiger partial charge in [-0.3, -0.25) is 14.5 Å². The zero-order chi connectivity index (χ0) is 27.1. The average Bonchev–Trinajstić information content (AvgIpc) is 2.89. The highest BCUT2D eigenvalue weighted by Gasteiger charge is 2.46. The highest BCUT2D eigenvalue weighted by atomic mass is 16.6. The van der Waals surface area contributed by atoms with E-state index in [1.165, 1.54) is 58.5 Å². The summed E-state index contributed by atoms with van der Waals surface area (Å²) in [4.78, 5) is 38.0. The molecule has 2 aromatic rings. The quantitative estimate of drug-likeness (QED) is 0.378. The number of aromatic nitrogens is 2. The molecule has 4 aliphatic rings. The average molecular weight is 535 g/mol. The lowest BCUT2D eigenvalue weighted by Gasteiger charge is -2.55. The zero-order valence-corrected chi connectivity index (χ0v) is 23.3. The molecule has 0 spiro atoms. The Bertz CT molecular complexity index is 1270. The summed E-state index contributed by atoms with van der Waals surface area (Å²) in [5.41, 5.74) is 1.89. The molecule has 3 heterocycles. The molecule has 2 aliphatic carbocycles. The zero-order valence-electron chi connectivity index (χ0n) is 23.3. The lowest BCUT2D eigenvalue weighted by atomic mass is 9.65. The fourth-order valence-electron chi connectivity index (χ4n) is 8.84. The molecule has 8 heteroatoms. The molecule has 1 N–H and O–H groups in total. The van der Waals surface area contributed by atoms with E-state index in [1.54, 1.807) is 0 Å². The van der Waals surface area contributed by atoms with Gasteiger partial charge in [-0.05, 0) is 87.7 Å². The van der Waals surface area contributed by atoms with E-state index in [-0.39, 0.29) is 30.1 Å². The number of carboxylic acid groups (broad SMARTS) is 1. The van der Waals surface area contributed by atoms with Crippen molar-refractivity contribution < 1.29 is 14.7 Å². The lowest BCUT2D eigenvalue weighted by Crippen LogP contribution is -2.59. The van der Waals surface area contributed by atoms with Crippen molar-refractivity contribution in [2.45, 2.75) is 108 Å². The number of fused-ring (bicyclic) bond motifs is 5. The molecule has 2 saturated heterocycles. The summed E-state index contributed by atoms with van der Waals surface area (Å²) in [6.07, 6.45) is 12.5. The first-order chi connectivity index (χ1) is 18.9.